The van der Waals surface area contributed by atoms with Gasteiger partial charge in [0.2, 0.25) is 0 Å². The summed E-state index contributed by atoms with van der Waals surface area (Å²) in [7, 11) is 21.4. The van der Waals surface area contributed by atoms with Crippen LogP contribution in [0, 0.1) is 0 Å². The van der Waals surface area contributed by atoms with Crippen LogP contribution in [0.4, 0.5) is 0 Å². The first kappa shape index (κ1) is 16.3. The number of benzene rings is 1. The second-order valence-corrected chi connectivity index (χ2v) is 27.8. The number of rotatable bonds is 1. The number of esters is 1. The molecule has 0 saturated heterocycles. The molecule has 8 heteroatoms. The number of carbonyl (C=O) groups is 1. The van der Waals surface area contributed by atoms with Crippen LogP contribution in [0.25, 0.3) is 0 Å². The number of carbonyl (C=O) groups excluding carboxylic acids is 1. The molecule has 0 aliphatic heterocycles. The molecule has 0 spiro atoms. The second-order valence-electron chi connectivity index (χ2n) is 2.36. The van der Waals surface area contributed by atoms with Crippen LogP contribution in [0.1, 0.15) is 10.4 Å². The monoisotopic (exact) mass is 476 g/mol. The molecule has 0 radical (unpaired) electrons. The van der Waals surface area contributed by atoms with E-state index in [4.69, 9.17) is 42.8 Å². The van der Waals surface area contributed by atoms with Crippen LogP contribution in [0.5, 0.6) is 5.75 Å². The third kappa shape index (κ3) is 8.49. The van der Waals surface area contributed by atoms with E-state index < -0.39 is 17.9 Å². The molecule has 1 N–H and O–H groups in total. The van der Waals surface area contributed by atoms with Gasteiger partial charge in [0.05, 0.1) is 7.11 Å². The number of hydrogen-bond acceptors (Lipinski definition) is 3. The predicted molar refractivity (Wildman–Crippen MR) is 62.9 cm³/mol. The topological polar surface area (TPSA) is 46.5 Å². The number of methoxy groups -OCH3 is 1. The molecule has 16 heavy (non-hydrogen) atoms. The quantitative estimate of drug-likeness (QED) is 0.624. The molecule has 0 aliphatic carbocycles. The van der Waals surface area contributed by atoms with Gasteiger partial charge in [0.15, 0.2) is 0 Å². The van der Waals surface area contributed by atoms with E-state index in [2.05, 4.69) is 4.74 Å². The molecule has 0 saturated carbocycles. The van der Waals surface area contributed by atoms with Gasteiger partial charge in [0.25, 0.3) is 0 Å². The van der Waals surface area contributed by atoms with Gasteiger partial charge in [0.1, 0.15) is 11.3 Å². The van der Waals surface area contributed by atoms with Crippen LogP contribution in [-0.4, -0.2) is 18.2 Å². The molecule has 0 fully saturated rings. The Balaban J connectivity index is 0.000000385. The fraction of sp³-hybridized carbons (Fsp3) is 0.125. The molecule has 92 valence electrons. The van der Waals surface area contributed by atoms with Gasteiger partial charge in [-0.05, 0) is 12.1 Å². The minimum atomic E-state index is -3.28. The van der Waals surface area contributed by atoms with Gasteiger partial charge in [-0.2, -0.15) is 0 Å². The third-order valence-electron chi connectivity index (χ3n) is 1.31. The van der Waals surface area contributed by atoms with E-state index in [1.54, 1.807) is 12.1 Å². The van der Waals surface area contributed by atoms with Gasteiger partial charge in [0, 0.05) is 0 Å². The SMILES string of the molecule is COC(=O)c1ccccc1O.[Cl][W]([Cl])([Cl])[Cl]. The van der Waals surface area contributed by atoms with Crippen LogP contribution in [0.3, 0.4) is 0 Å². The number of ether oxygens (including phenoxy) is 1. The molecule has 3 nitrogen and oxygen atoms in total. The fourth-order valence-electron chi connectivity index (χ4n) is 0.756. The number of hydrogen-bond donors (Lipinski definition) is 1. The zero-order valence-electron chi connectivity index (χ0n) is 7.99. The van der Waals surface area contributed by atoms with Gasteiger partial charge in [-0.25, -0.2) is 4.79 Å². The van der Waals surface area contributed by atoms with Crippen LogP contribution in [-0.2, 0) is 16.6 Å². The zero-order chi connectivity index (χ0) is 12.8. The van der Waals surface area contributed by atoms with E-state index in [-0.39, 0.29) is 11.3 Å². The van der Waals surface area contributed by atoms with Crippen molar-refractivity contribution < 1.29 is 26.5 Å². The van der Waals surface area contributed by atoms with Gasteiger partial charge >= 0.3 is 55.5 Å². The van der Waals surface area contributed by atoms with Crippen molar-refractivity contribution in [2.45, 2.75) is 0 Å². The predicted octanol–water partition coefficient (Wildman–Crippen LogP) is 3.93. The molecular weight excluding hydrogens is 470 g/mol. The summed E-state index contributed by atoms with van der Waals surface area (Å²) in [5.41, 5.74) is 0.190. The first-order chi connectivity index (χ1) is 7.25. The van der Waals surface area contributed by atoms with Gasteiger partial charge in [-0.1, -0.05) is 12.1 Å². The molecule has 0 unspecified atom stereocenters. The summed E-state index contributed by atoms with van der Waals surface area (Å²) in [4.78, 5) is 10.9. The molecule has 1 rings (SSSR count). The van der Waals surface area contributed by atoms with E-state index in [1.165, 1.54) is 19.2 Å². The maximum absolute atomic E-state index is 10.9. The van der Waals surface area contributed by atoms with Gasteiger partial charge in [-0.3, -0.25) is 0 Å². The Morgan fingerprint density at radius 2 is 1.69 bits per heavy atom. The maximum atomic E-state index is 10.9. The van der Waals surface area contributed by atoms with Crippen molar-refractivity contribution in [1.82, 2.24) is 0 Å². The molecule has 0 heterocycles. The summed E-state index contributed by atoms with van der Waals surface area (Å²) < 4.78 is 4.42. The Hall–Kier alpha value is 0.338. The summed E-state index contributed by atoms with van der Waals surface area (Å²) in [6.45, 7) is 0. The van der Waals surface area contributed by atoms with Crippen LogP contribution < -0.4 is 0 Å². The molecule has 1 aromatic rings. The van der Waals surface area contributed by atoms with Crippen molar-refractivity contribution in [3.8, 4) is 5.75 Å². The zero-order valence-corrected chi connectivity index (χ0v) is 14.0. The van der Waals surface area contributed by atoms with E-state index in [9.17, 15) is 4.79 Å². The van der Waals surface area contributed by atoms with Crippen molar-refractivity contribution in [3.63, 3.8) is 0 Å². The standard InChI is InChI=1S/C8H8O3.4ClH.W/c1-11-8(10)6-4-2-3-5-7(6)9;;;;;/h2-5,9H,1H3;4*1H;/q;;;;;+4/p-4. The Kier molecular flexibility index (Phi) is 7.78. The first-order valence-corrected chi connectivity index (χ1v) is 18.3. The van der Waals surface area contributed by atoms with Gasteiger partial charge in [-0.15, -0.1) is 0 Å². The Labute approximate surface area is 112 Å². The summed E-state index contributed by atoms with van der Waals surface area (Å²) in [6.07, 6.45) is 0. The molecule has 0 bridgehead atoms. The Morgan fingerprint density at radius 3 is 2.06 bits per heavy atom. The van der Waals surface area contributed by atoms with Crippen molar-refractivity contribution >= 4 is 43.6 Å². The van der Waals surface area contributed by atoms with Crippen molar-refractivity contribution in [2.24, 2.45) is 0 Å². The molecule has 0 aliphatic rings. The first-order valence-electron chi connectivity index (χ1n) is 3.73. The summed E-state index contributed by atoms with van der Waals surface area (Å²) >= 11 is -3.28. The fourth-order valence-corrected chi connectivity index (χ4v) is 0.756. The van der Waals surface area contributed by atoms with E-state index >= 15 is 0 Å². The normalized spacial score (nSPS) is 11.1. The van der Waals surface area contributed by atoms with Crippen LogP contribution in [0.2, 0.25) is 0 Å². The van der Waals surface area contributed by atoms with Crippen molar-refractivity contribution in [3.05, 3.63) is 29.8 Å². The average Bonchev–Trinajstić information content (AvgIpc) is 2.15. The number of phenolic OH excluding ortho intramolecular Hbond substituents is 1. The molecule has 0 atom stereocenters. The Bertz CT molecular complexity index is 347. The number of phenols is 1. The minimum absolute atomic E-state index is 0.0562. The molecule has 1 aromatic carbocycles. The van der Waals surface area contributed by atoms with Crippen molar-refractivity contribution in [1.29, 1.82) is 0 Å². The second kappa shape index (κ2) is 7.62. The number of aromatic hydroxyl groups is 1. The van der Waals surface area contributed by atoms with Gasteiger partial charge < -0.3 is 9.84 Å². The third-order valence-corrected chi connectivity index (χ3v) is 1.31. The van der Waals surface area contributed by atoms with Crippen molar-refractivity contribution in [2.75, 3.05) is 7.11 Å². The Morgan fingerprint density at radius 1 is 1.25 bits per heavy atom. The van der Waals surface area contributed by atoms with E-state index in [1.807, 2.05) is 0 Å². The molecule has 0 amide bonds. The number of para-hydroxylation sites is 1. The number of halogens is 4. The van der Waals surface area contributed by atoms with E-state index in [0.717, 1.165) is 0 Å². The average molecular weight is 478 g/mol. The van der Waals surface area contributed by atoms with Crippen LogP contribution >= 0.6 is 37.7 Å². The van der Waals surface area contributed by atoms with Crippen LogP contribution in [0.15, 0.2) is 24.3 Å². The summed E-state index contributed by atoms with van der Waals surface area (Å²) in [5, 5.41) is 9.11. The summed E-state index contributed by atoms with van der Waals surface area (Å²) in [5.74, 6) is -0.581. The molecule has 0 aromatic heterocycles. The molecular formula is C8H8Cl4O3W. The summed E-state index contributed by atoms with van der Waals surface area (Å²) in [6, 6.07) is 6.24. The van der Waals surface area contributed by atoms with E-state index in [0.29, 0.717) is 0 Å².